The number of carboxylic acid groups (broad SMARTS) is 2. The van der Waals surface area contributed by atoms with Crippen molar-refractivity contribution in [1.29, 1.82) is 0 Å². The average molecular weight is 303 g/mol. The highest BCUT2D eigenvalue weighted by Gasteiger charge is 2.34. The Balaban J connectivity index is 2.25. The number of nitrogens with two attached hydrogens (primary N) is 1. The Hall–Kier alpha value is -2.93. The molecule has 0 heterocycles. The molecular weight excluding hydrogens is 290 g/mol. The first kappa shape index (κ1) is 15.5. The molecule has 0 aliphatic heterocycles. The second-order valence-electron chi connectivity index (χ2n) is 4.59. The lowest BCUT2D eigenvalue weighted by Crippen LogP contribution is -2.48. The fourth-order valence-electron chi connectivity index (χ4n) is 1.91. The molecule has 114 valence electrons. The summed E-state index contributed by atoms with van der Waals surface area (Å²) in [6.45, 7) is 0. The van der Waals surface area contributed by atoms with Gasteiger partial charge in [0.05, 0.1) is 5.56 Å². The minimum absolute atomic E-state index is 0.113. The zero-order valence-electron chi connectivity index (χ0n) is 11.3. The number of fused-ring (bicyclic) bond motifs is 1. The molecule has 0 saturated carbocycles. The van der Waals surface area contributed by atoms with Gasteiger partial charge in [-0.25, -0.2) is 9.59 Å². The smallest absolute Gasteiger partial charge is 0.347 e. The maximum atomic E-state index is 12.0. The summed E-state index contributed by atoms with van der Waals surface area (Å²) in [5.74, 6) is -4.14. The number of hydrogen-bond donors (Lipinski definition) is 3. The fourth-order valence-corrected chi connectivity index (χ4v) is 1.91. The molecule has 1 unspecified atom stereocenters. The minimum Gasteiger partial charge on any atom is -0.480 e. The van der Waals surface area contributed by atoms with Crippen LogP contribution in [0.2, 0.25) is 0 Å². The molecule has 2 rings (SSSR count). The molecule has 0 saturated heterocycles. The van der Waals surface area contributed by atoms with Gasteiger partial charge in [-0.3, -0.25) is 4.79 Å². The number of carbonyl (C=O) groups is 3. The van der Waals surface area contributed by atoms with Gasteiger partial charge in [-0.15, -0.1) is 0 Å². The predicted octanol–water partition coefficient (Wildman–Crippen LogP) is 0.862. The van der Waals surface area contributed by atoms with Gasteiger partial charge in [-0.1, -0.05) is 30.3 Å². The van der Waals surface area contributed by atoms with Gasteiger partial charge in [-0.2, -0.15) is 0 Å². The van der Waals surface area contributed by atoms with Gasteiger partial charge in [0.2, 0.25) is 6.10 Å². The third kappa shape index (κ3) is 3.21. The van der Waals surface area contributed by atoms with Crippen LogP contribution in [0.25, 0.3) is 10.8 Å². The Labute approximate surface area is 124 Å². The second kappa shape index (κ2) is 6.23. The third-order valence-corrected chi connectivity index (χ3v) is 3.07. The summed E-state index contributed by atoms with van der Waals surface area (Å²) in [7, 11) is 0. The Morgan fingerprint density at radius 2 is 1.59 bits per heavy atom. The largest absolute Gasteiger partial charge is 0.480 e. The molecule has 0 aliphatic carbocycles. The maximum absolute atomic E-state index is 12.0. The Bertz CT molecular complexity index is 742. The van der Waals surface area contributed by atoms with Crippen molar-refractivity contribution in [2.75, 3.05) is 0 Å². The molecule has 4 N–H and O–H groups in total. The Kier molecular flexibility index (Phi) is 4.38. The first-order valence-electron chi connectivity index (χ1n) is 6.31. The number of carbonyl (C=O) groups excluding carboxylic acids is 1. The molecular formula is C15H13NO6. The highest BCUT2D eigenvalue weighted by molar-refractivity contribution is 5.97. The SMILES string of the molecule is NC(C(=O)O)[C@H](OC(=O)c1ccc2ccccc2c1)C(=O)O. The van der Waals surface area contributed by atoms with E-state index in [0.717, 1.165) is 10.8 Å². The van der Waals surface area contributed by atoms with Gasteiger partial charge >= 0.3 is 17.9 Å². The lowest BCUT2D eigenvalue weighted by molar-refractivity contribution is -0.155. The van der Waals surface area contributed by atoms with Crippen molar-refractivity contribution in [2.45, 2.75) is 12.1 Å². The van der Waals surface area contributed by atoms with Gasteiger partial charge in [-0.05, 0) is 22.9 Å². The summed E-state index contributed by atoms with van der Waals surface area (Å²) < 4.78 is 4.73. The number of ether oxygens (including phenoxy) is 1. The number of hydrogen-bond acceptors (Lipinski definition) is 5. The van der Waals surface area contributed by atoms with Crippen molar-refractivity contribution in [2.24, 2.45) is 5.73 Å². The molecule has 0 spiro atoms. The monoisotopic (exact) mass is 303 g/mol. The van der Waals surface area contributed by atoms with E-state index in [9.17, 15) is 14.4 Å². The van der Waals surface area contributed by atoms with Crippen molar-refractivity contribution in [1.82, 2.24) is 0 Å². The van der Waals surface area contributed by atoms with Crippen LogP contribution in [0.3, 0.4) is 0 Å². The first-order valence-corrected chi connectivity index (χ1v) is 6.31. The maximum Gasteiger partial charge on any atom is 0.347 e. The van der Waals surface area contributed by atoms with Crippen LogP contribution in [0.1, 0.15) is 10.4 Å². The van der Waals surface area contributed by atoms with Crippen LogP contribution in [0.5, 0.6) is 0 Å². The van der Waals surface area contributed by atoms with Gasteiger partial charge < -0.3 is 20.7 Å². The van der Waals surface area contributed by atoms with E-state index in [1.54, 1.807) is 18.2 Å². The molecule has 0 aliphatic rings. The molecule has 0 aromatic heterocycles. The normalized spacial score (nSPS) is 13.3. The van der Waals surface area contributed by atoms with Crippen molar-refractivity contribution in [3.63, 3.8) is 0 Å². The summed E-state index contributed by atoms with van der Waals surface area (Å²) in [5, 5.41) is 19.4. The Morgan fingerprint density at radius 3 is 2.18 bits per heavy atom. The lowest BCUT2D eigenvalue weighted by Gasteiger charge is -2.17. The van der Waals surface area contributed by atoms with Crippen LogP contribution in [-0.4, -0.2) is 40.3 Å². The van der Waals surface area contributed by atoms with E-state index in [0.29, 0.717) is 0 Å². The van der Waals surface area contributed by atoms with Crippen LogP contribution in [0.15, 0.2) is 42.5 Å². The van der Waals surface area contributed by atoms with Gasteiger partial charge in [0, 0.05) is 0 Å². The highest BCUT2D eigenvalue weighted by atomic mass is 16.6. The van der Waals surface area contributed by atoms with Crippen LogP contribution >= 0.6 is 0 Å². The standard InChI is InChI=1S/C15H13NO6/c16-11(13(17)18)12(14(19)20)22-15(21)10-6-5-8-3-1-2-4-9(8)7-10/h1-7,11-12H,16H2,(H,17,18)(H,19,20)/t11?,12-/m0/s1. The molecule has 2 atom stereocenters. The highest BCUT2D eigenvalue weighted by Crippen LogP contribution is 2.17. The summed E-state index contributed by atoms with van der Waals surface area (Å²) in [5.41, 5.74) is 5.33. The fraction of sp³-hybridized carbons (Fsp3) is 0.133. The Morgan fingerprint density at radius 1 is 0.955 bits per heavy atom. The number of esters is 1. The lowest BCUT2D eigenvalue weighted by atomic mass is 10.1. The summed E-state index contributed by atoms with van der Waals surface area (Å²) >= 11 is 0. The molecule has 7 nitrogen and oxygen atoms in total. The summed E-state index contributed by atoms with van der Waals surface area (Å²) in [6.07, 6.45) is -1.96. The third-order valence-electron chi connectivity index (χ3n) is 3.07. The van der Waals surface area contributed by atoms with Crippen LogP contribution in [0.4, 0.5) is 0 Å². The van der Waals surface area contributed by atoms with E-state index in [4.69, 9.17) is 20.7 Å². The average Bonchev–Trinajstić information content (AvgIpc) is 2.50. The molecule has 7 heteroatoms. The summed E-state index contributed by atoms with van der Waals surface area (Å²) in [4.78, 5) is 33.8. The molecule has 0 radical (unpaired) electrons. The topological polar surface area (TPSA) is 127 Å². The predicted molar refractivity (Wildman–Crippen MR) is 76.4 cm³/mol. The van der Waals surface area contributed by atoms with Crippen molar-refractivity contribution < 1.29 is 29.3 Å². The van der Waals surface area contributed by atoms with Crippen molar-refractivity contribution in [3.05, 3.63) is 48.0 Å². The molecule has 0 bridgehead atoms. The van der Waals surface area contributed by atoms with E-state index in [-0.39, 0.29) is 5.56 Å². The molecule has 22 heavy (non-hydrogen) atoms. The molecule has 2 aromatic rings. The van der Waals surface area contributed by atoms with E-state index in [1.165, 1.54) is 12.1 Å². The number of aliphatic carboxylic acids is 2. The van der Waals surface area contributed by atoms with E-state index >= 15 is 0 Å². The van der Waals surface area contributed by atoms with Crippen molar-refractivity contribution >= 4 is 28.7 Å². The van der Waals surface area contributed by atoms with Crippen LogP contribution in [0, 0.1) is 0 Å². The molecule has 2 aromatic carbocycles. The second-order valence-corrected chi connectivity index (χ2v) is 4.59. The van der Waals surface area contributed by atoms with Gasteiger partial charge in [0.25, 0.3) is 0 Å². The quantitative estimate of drug-likeness (QED) is 0.699. The van der Waals surface area contributed by atoms with Gasteiger partial charge in [0.1, 0.15) is 0 Å². The van der Waals surface area contributed by atoms with Crippen LogP contribution in [-0.2, 0) is 14.3 Å². The summed E-state index contributed by atoms with van der Waals surface area (Å²) in [6, 6.07) is 10.1. The number of rotatable bonds is 5. The van der Waals surface area contributed by atoms with Crippen molar-refractivity contribution in [3.8, 4) is 0 Å². The van der Waals surface area contributed by atoms with Crippen LogP contribution < -0.4 is 5.73 Å². The molecule has 0 fully saturated rings. The van der Waals surface area contributed by atoms with Gasteiger partial charge in [0.15, 0.2) is 6.04 Å². The number of benzene rings is 2. The minimum atomic E-state index is -1.96. The van der Waals surface area contributed by atoms with E-state index < -0.39 is 30.1 Å². The zero-order valence-corrected chi connectivity index (χ0v) is 11.3. The molecule has 0 amide bonds. The number of carboxylic acids is 2. The first-order chi connectivity index (χ1) is 10.4. The van der Waals surface area contributed by atoms with E-state index in [2.05, 4.69) is 0 Å². The zero-order chi connectivity index (χ0) is 16.3. The van der Waals surface area contributed by atoms with E-state index in [1.807, 2.05) is 12.1 Å².